The standard InChI is InChI=1S/C21H26FNS/c1-5-10-15(4)20-19(17-13-8-9-14-18(17)22)23-21(24-20)16(11-6-2)12-7-3/h5,8-10,13-14,16H,4,6-7,11-12H2,1-3H3/b10-5-. The highest BCUT2D eigenvalue weighted by Gasteiger charge is 2.21. The molecular weight excluding hydrogens is 317 g/mol. The molecule has 1 nitrogen and oxygen atoms in total. The summed E-state index contributed by atoms with van der Waals surface area (Å²) in [5, 5.41) is 1.11. The molecule has 0 aliphatic carbocycles. The van der Waals surface area contributed by atoms with Gasteiger partial charge >= 0.3 is 0 Å². The highest BCUT2D eigenvalue weighted by Crippen LogP contribution is 2.39. The average Bonchev–Trinajstić information content (AvgIpc) is 3.00. The summed E-state index contributed by atoms with van der Waals surface area (Å²) in [6, 6.07) is 6.86. The maximum Gasteiger partial charge on any atom is 0.132 e. The predicted molar refractivity (Wildman–Crippen MR) is 104 cm³/mol. The molecule has 2 rings (SSSR count). The van der Waals surface area contributed by atoms with Crippen molar-refractivity contribution in [3.8, 4) is 11.3 Å². The third-order valence-electron chi connectivity index (χ3n) is 4.06. The lowest BCUT2D eigenvalue weighted by Gasteiger charge is -2.11. The summed E-state index contributed by atoms with van der Waals surface area (Å²) >= 11 is 1.67. The zero-order chi connectivity index (χ0) is 17.5. The summed E-state index contributed by atoms with van der Waals surface area (Å²) in [6.45, 7) is 10.5. The molecule has 0 unspecified atom stereocenters. The summed E-state index contributed by atoms with van der Waals surface area (Å²) in [6.07, 6.45) is 8.43. The minimum atomic E-state index is -0.230. The number of rotatable bonds is 8. The largest absolute Gasteiger partial charge is 0.240 e. The first-order valence-electron chi connectivity index (χ1n) is 8.69. The van der Waals surface area contributed by atoms with E-state index < -0.39 is 0 Å². The van der Waals surface area contributed by atoms with Crippen molar-refractivity contribution in [2.24, 2.45) is 0 Å². The van der Waals surface area contributed by atoms with Crippen LogP contribution < -0.4 is 0 Å². The van der Waals surface area contributed by atoms with Crippen LogP contribution in [0.4, 0.5) is 4.39 Å². The first-order chi connectivity index (χ1) is 11.6. The van der Waals surface area contributed by atoms with E-state index in [-0.39, 0.29) is 5.82 Å². The summed E-state index contributed by atoms with van der Waals surface area (Å²) in [4.78, 5) is 5.84. The Balaban J connectivity index is 2.55. The van der Waals surface area contributed by atoms with Gasteiger partial charge in [0.05, 0.1) is 15.6 Å². The molecule has 0 fully saturated rings. The lowest BCUT2D eigenvalue weighted by molar-refractivity contribution is 0.558. The quantitative estimate of drug-likeness (QED) is 0.461. The molecule has 128 valence electrons. The predicted octanol–water partition coefficient (Wildman–Crippen LogP) is 7.22. The van der Waals surface area contributed by atoms with Crippen molar-refractivity contribution in [2.75, 3.05) is 0 Å². The second-order valence-electron chi connectivity index (χ2n) is 6.01. The van der Waals surface area contributed by atoms with Crippen LogP contribution >= 0.6 is 11.3 Å². The van der Waals surface area contributed by atoms with Gasteiger partial charge in [-0.05, 0) is 37.5 Å². The van der Waals surface area contributed by atoms with E-state index in [4.69, 9.17) is 4.98 Å². The van der Waals surface area contributed by atoms with Crippen LogP contribution in [0.5, 0.6) is 0 Å². The summed E-state index contributed by atoms with van der Waals surface area (Å²) < 4.78 is 14.3. The summed E-state index contributed by atoms with van der Waals surface area (Å²) in [7, 11) is 0. The first-order valence-corrected chi connectivity index (χ1v) is 9.51. The molecule has 0 spiro atoms. The number of nitrogens with zero attached hydrogens (tertiary/aromatic N) is 1. The van der Waals surface area contributed by atoms with E-state index in [9.17, 15) is 4.39 Å². The van der Waals surface area contributed by atoms with E-state index >= 15 is 0 Å². The highest BCUT2D eigenvalue weighted by atomic mass is 32.1. The lowest BCUT2D eigenvalue weighted by Crippen LogP contribution is -1.98. The Kier molecular flexibility index (Phi) is 6.92. The Morgan fingerprint density at radius 2 is 1.92 bits per heavy atom. The van der Waals surface area contributed by atoms with Gasteiger partial charge in [-0.25, -0.2) is 9.37 Å². The fourth-order valence-corrected chi connectivity index (χ4v) is 4.13. The van der Waals surface area contributed by atoms with Crippen LogP contribution in [0.1, 0.15) is 62.3 Å². The Labute approximate surface area is 149 Å². The molecule has 0 saturated heterocycles. The van der Waals surface area contributed by atoms with Crippen LogP contribution in [0.2, 0.25) is 0 Å². The molecule has 0 amide bonds. The van der Waals surface area contributed by atoms with Crippen molar-refractivity contribution < 1.29 is 4.39 Å². The van der Waals surface area contributed by atoms with Gasteiger partial charge in [0.1, 0.15) is 5.82 Å². The molecule has 0 atom stereocenters. The van der Waals surface area contributed by atoms with Gasteiger partial charge in [-0.15, -0.1) is 11.3 Å². The number of allylic oxidation sites excluding steroid dienone is 3. The van der Waals surface area contributed by atoms with Crippen LogP contribution in [-0.4, -0.2) is 4.98 Å². The van der Waals surface area contributed by atoms with Crippen molar-refractivity contribution >= 4 is 16.9 Å². The van der Waals surface area contributed by atoms with E-state index in [1.54, 1.807) is 23.5 Å². The minimum Gasteiger partial charge on any atom is -0.240 e. The van der Waals surface area contributed by atoms with Crippen molar-refractivity contribution in [3.63, 3.8) is 0 Å². The Bertz CT molecular complexity index is 708. The number of benzene rings is 1. The fraction of sp³-hybridized carbons (Fsp3) is 0.381. The average molecular weight is 344 g/mol. The maximum absolute atomic E-state index is 14.3. The van der Waals surface area contributed by atoms with E-state index in [0.717, 1.165) is 46.8 Å². The molecular formula is C21H26FNS. The number of hydrogen-bond acceptors (Lipinski definition) is 2. The van der Waals surface area contributed by atoms with Crippen LogP contribution in [0.3, 0.4) is 0 Å². The molecule has 0 bridgehead atoms. The lowest BCUT2D eigenvalue weighted by atomic mass is 9.99. The third-order valence-corrected chi connectivity index (χ3v) is 5.35. The monoisotopic (exact) mass is 343 g/mol. The zero-order valence-corrected chi connectivity index (χ0v) is 15.6. The van der Waals surface area contributed by atoms with Crippen molar-refractivity contribution in [1.29, 1.82) is 0 Å². The maximum atomic E-state index is 14.3. The van der Waals surface area contributed by atoms with Crippen LogP contribution in [-0.2, 0) is 0 Å². The number of thiazole rings is 1. The van der Waals surface area contributed by atoms with Crippen molar-refractivity contribution in [1.82, 2.24) is 4.98 Å². The van der Waals surface area contributed by atoms with Crippen molar-refractivity contribution in [2.45, 2.75) is 52.4 Å². The molecule has 0 N–H and O–H groups in total. The second kappa shape index (κ2) is 8.93. The van der Waals surface area contributed by atoms with Gasteiger partial charge in [0.25, 0.3) is 0 Å². The van der Waals surface area contributed by atoms with Crippen molar-refractivity contribution in [3.05, 3.63) is 58.7 Å². The molecule has 0 saturated carbocycles. The fourth-order valence-electron chi connectivity index (χ4n) is 2.93. The van der Waals surface area contributed by atoms with Crippen LogP contribution in [0.25, 0.3) is 16.8 Å². The topological polar surface area (TPSA) is 12.9 Å². The SMILES string of the molecule is C=C(/C=C\C)c1sc(C(CCC)CCC)nc1-c1ccccc1F. The molecule has 0 aliphatic heterocycles. The first kappa shape index (κ1) is 18.6. The smallest absolute Gasteiger partial charge is 0.132 e. The number of halogens is 1. The van der Waals surface area contributed by atoms with Gasteiger partial charge in [-0.1, -0.05) is 57.6 Å². The highest BCUT2D eigenvalue weighted by molar-refractivity contribution is 7.13. The van der Waals surface area contributed by atoms with Gasteiger partial charge < -0.3 is 0 Å². The molecule has 1 aromatic heterocycles. The third kappa shape index (κ3) is 4.21. The van der Waals surface area contributed by atoms with Crippen LogP contribution in [0, 0.1) is 5.82 Å². The van der Waals surface area contributed by atoms with Crippen LogP contribution in [0.15, 0.2) is 43.0 Å². The van der Waals surface area contributed by atoms with E-state index in [2.05, 4.69) is 20.4 Å². The van der Waals surface area contributed by atoms with Gasteiger partial charge in [-0.3, -0.25) is 0 Å². The molecule has 1 heterocycles. The zero-order valence-electron chi connectivity index (χ0n) is 14.8. The molecule has 2 aromatic rings. The van der Waals surface area contributed by atoms with E-state index in [1.165, 1.54) is 6.07 Å². The van der Waals surface area contributed by atoms with Gasteiger partial charge in [0, 0.05) is 11.5 Å². The Morgan fingerprint density at radius 3 is 2.50 bits per heavy atom. The van der Waals surface area contributed by atoms with E-state index in [0.29, 0.717) is 11.5 Å². The normalized spacial score (nSPS) is 11.5. The summed E-state index contributed by atoms with van der Waals surface area (Å²) in [5.41, 5.74) is 2.19. The molecule has 24 heavy (non-hydrogen) atoms. The molecule has 1 aromatic carbocycles. The molecule has 0 radical (unpaired) electrons. The number of aromatic nitrogens is 1. The number of hydrogen-bond donors (Lipinski definition) is 0. The van der Waals surface area contributed by atoms with Gasteiger partial charge in [0.2, 0.25) is 0 Å². The summed E-state index contributed by atoms with van der Waals surface area (Å²) in [5.74, 6) is 0.217. The Morgan fingerprint density at radius 1 is 1.25 bits per heavy atom. The van der Waals surface area contributed by atoms with Gasteiger partial charge in [-0.2, -0.15) is 0 Å². The second-order valence-corrected chi connectivity index (χ2v) is 7.04. The molecule has 0 aliphatic rings. The van der Waals surface area contributed by atoms with E-state index in [1.807, 2.05) is 25.1 Å². The molecule has 3 heteroatoms. The Hall–Kier alpha value is -1.74. The minimum absolute atomic E-state index is 0.230. The van der Waals surface area contributed by atoms with Gasteiger partial charge in [0.15, 0.2) is 0 Å².